The lowest BCUT2D eigenvalue weighted by atomic mass is 9.80. The predicted octanol–water partition coefficient (Wildman–Crippen LogP) is 7.97. The second-order valence-corrected chi connectivity index (χ2v) is 10.5. The number of rotatable bonds is 13. The highest BCUT2D eigenvalue weighted by Crippen LogP contribution is 2.41. The van der Waals surface area contributed by atoms with Gasteiger partial charge >= 0.3 is 5.97 Å². The smallest absolute Gasteiger partial charge is 0.333 e. The van der Waals surface area contributed by atoms with E-state index in [0.29, 0.717) is 18.8 Å². The molecule has 0 aliphatic rings. The molecule has 4 nitrogen and oxygen atoms in total. The first kappa shape index (κ1) is 30.0. The molecule has 4 aromatic rings. The molecular weight excluding hydrogens is 508 g/mol. The standard InChI is InChI=1S/C37H40O4/c1-28(25-29(2)36(38)39-4)35(40-27-31-17-9-5-10-18-31)30(3)26-41-37(32-19-11-6-12-20-32,33-21-13-7-14-22-33)34-23-15-8-16-24-34/h5-25,28,30,35H,26-27H2,1-4H3/b29-25+/t28-,30+,35+/m1/s1. The average molecular weight is 549 g/mol. The molecule has 0 aromatic heterocycles. The van der Waals surface area contributed by atoms with Gasteiger partial charge in [-0.15, -0.1) is 0 Å². The quantitative estimate of drug-likeness (QED) is 0.0965. The van der Waals surface area contributed by atoms with Crippen LogP contribution >= 0.6 is 0 Å². The van der Waals surface area contributed by atoms with Crippen LogP contribution in [-0.4, -0.2) is 25.8 Å². The van der Waals surface area contributed by atoms with E-state index in [1.807, 2.05) is 42.5 Å². The Kier molecular flexibility index (Phi) is 10.7. The van der Waals surface area contributed by atoms with Crippen molar-refractivity contribution in [3.05, 3.63) is 155 Å². The molecule has 0 spiro atoms. The summed E-state index contributed by atoms with van der Waals surface area (Å²) in [5.41, 5.74) is 4.01. The van der Waals surface area contributed by atoms with Gasteiger partial charge in [0.2, 0.25) is 0 Å². The Hall–Kier alpha value is -3.99. The third kappa shape index (κ3) is 7.40. The van der Waals surface area contributed by atoms with Crippen LogP contribution in [0.25, 0.3) is 0 Å². The number of carbonyl (C=O) groups excluding carboxylic acids is 1. The predicted molar refractivity (Wildman–Crippen MR) is 164 cm³/mol. The van der Waals surface area contributed by atoms with Gasteiger partial charge in [-0.05, 0) is 29.2 Å². The van der Waals surface area contributed by atoms with Gasteiger partial charge in [-0.25, -0.2) is 4.79 Å². The molecule has 0 unspecified atom stereocenters. The molecule has 0 fully saturated rings. The molecule has 212 valence electrons. The Bertz CT molecular complexity index is 1270. The zero-order valence-electron chi connectivity index (χ0n) is 24.4. The second-order valence-electron chi connectivity index (χ2n) is 10.5. The summed E-state index contributed by atoms with van der Waals surface area (Å²) in [7, 11) is 1.40. The van der Waals surface area contributed by atoms with E-state index in [1.165, 1.54) is 7.11 Å². The van der Waals surface area contributed by atoms with Crippen molar-refractivity contribution in [1.29, 1.82) is 0 Å². The van der Waals surface area contributed by atoms with Crippen molar-refractivity contribution in [3.8, 4) is 0 Å². The zero-order chi connectivity index (χ0) is 29.1. The van der Waals surface area contributed by atoms with Gasteiger partial charge < -0.3 is 14.2 Å². The van der Waals surface area contributed by atoms with E-state index in [2.05, 4.69) is 98.8 Å². The maximum atomic E-state index is 12.2. The van der Waals surface area contributed by atoms with Crippen LogP contribution in [0.5, 0.6) is 0 Å². The molecule has 0 amide bonds. The molecule has 4 heteroatoms. The fourth-order valence-corrected chi connectivity index (χ4v) is 5.44. The first-order valence-corrected chi connectivity index (χ1v) is 14.2. The summed E-state index contributed by atoms with van der Waals surface area (Å²) < 4.78 is 18.6. The lowest BCUT2D eigenvalue weighted by molar-refractivity contribution is -0.136. The topological polar surface area (TPSA) is 44.8 Å². The van der Waals surface area contributed by atoms with Gasteiger partial charge in [0.25, 0.3) is 0 Å². The molecule has 0 aliphatic carbocycles. The van der Waals surface area contributed by atoms with Crippen LogP contribution in [0.15, 0.2) is 133 Å². The van der Waals surface area contributed by atoms with Crippen LogP contribution in [0.4, 0.5) is 0 Å². The molecule has 0 saturated carbocycles. The fourth-order valence-electron chi connectivity index (χ4n) is 5.44. The summed E-state index contributed by atoms with van der Waals surface area (Å²) in [6, 6.07) is 41.3. The van der Waals surface area contributed by atoms with E-state index < -0.39 is 5.60 Å². The monoisotopic (exact) mass is 548 g/mol. The van der Waals surface area contributed by atoms with Crippen molar-refractivity contribution in [3.63, 3.8) is 0 Å². The van der Waals surface area contributed by atoms with Gasteiger partial charge in [-0.3, -0.25) is 0 Å². The summed E-state index contributed by atoms with van der Waals surface area (Å²) in [5, 5.41) is 0. The first-order valence-electron chi connectivity index (χ1n) is 14.2. The van der Waals surface area contributed by atoms with E-state index in [4.69, 9.17) is 14.2 Å². The van der Waals surface area contributed by atoms with Crippen LogP contribution < -0.4 is 0 Å². The van der Waals surface area contributed by atoms with Crippen LogP contribution in [0.2, 0.25) is 0 Å². The van der Waals surface area contributed by atoms with Gasteiger partial charge in [0.05, 0.1) is 26.4 Å². The van der Waals surface area contributed by atoms with Crippen molar-refractivity contribution >= 4 is 5.97 Å². The number of hydrogen-bond donors (Lipinski definition) is 0. The molecule has 0 N–H and O–H groups in total. The molecule has 0 heterocycles. The summed E-state index contributed by atoms with van der Waals surface area (Å²) in [6.45, 7) is 6.90. The van der Waals surface area contributed by atoms with E-state index >= 15 is 0 Å². The van der Waals surface area contributed by atoms with Crippen LogP contribution in [0.1, 0.15) is 43.0 Å². The molecule has 0 saturated heterocycles. The van der Waals surface area contributed by atoms with E-state index in [9.17, 15) is 4.79 Å². The van der Waals surface area contributed by atoms with Gasteiger partial charge in [-0.1, -0.05) is 141 Å². The molecule has 0 bridgehead atoms. The van der Waals surface area contributed by atoms with Gasteiger partial charge in [0.15, 0.2) is 0 Å². The number of methoxy groups -OCH3 is 1. The summed E-state index contributed by atoms with van der Waals surface area (Å²) in [6.07, 6.45) is 1.73. The Morgan fingerprint density at radius 3 is 1.61 bits per heavy atom. The highest BCUT2D eigenvalue weighted by Gasteiger charge is 2.39. The zero-order valence-corrected chi connectivity index (χ0v) is 24.4. The lowest BCUT2D eigenvalue weighted by Crippen LogP contribution is -2.38. The van der Waals surface area contributed by atoms with Crippen LogP contribution in [-0.2, 0) is 31.2 Å². The average Bonchev–Trinajstić information content (AvgIpc) is 3.03. The molecule has 0 radical (unpaired) electrons. The largest absolute Gasteiger partial charge is 0.466 e. The highest BCUT2D eigenvalue weighted by atomic mass is 16.5. The number of hydrogen-bond acceptors (Lipinski definition) is 4. The first-order chi connectivity index (χ1) is 20.0. The molecule has 41 heavy (non-hydrogen) atoms. The van der Waals surface area contributed by atoms with Crippen LogP contribution in [0, 0.1) is 11.8 Å². The van der Waals surface area contributed by atoms with Gasteiger partial charge in [0.1, 0.15) is 5.60 Å². The molecule has 0 aliphatic heterocycles. The van der Waals surface area contributed by atoms with Crippen molar-refractivity contribution < 1.29 is 19.0 Å². The van der Waals surface area contributed by atoms with E-state index in [0.717, 1.165) is 22.3 Å². The van der Waals surface area contributed by atoms with Crippen LogP contribution in [0.3, 0.4) is 0 Å². The van der Waals surface area contributed by atoms with Crippen molar-refractivity contribution in [1.82, 2.24) is 0 Å². The number of esters is 1. The lowest BCUT2D eigenvalue weighted by Gasteiger charge is -2.38. The third-order valence-corrected chi connectivity index (χ3v) is 7.49. The Balaban J connectivity index is 1.70. The molecule has 4 rings (SSSR count). The van der Waals surface area contributed by atoms with E-state index in [-0.39, 0.29) is 23.9 Å². The Morgan fingerprint density at radius 2 is 1.17 bits per heavy atom. The van der Waals surface area contributed by atoms with Crippen molar-refractivity contribution in [2.24, 2.45) is 11.8 Å². The Morgan fingerprint density at radius 1 is 0.732 bits per heavy atom. The molecule has 3 atom stereocenters. The minimum atomic E-state index is -0.816. The maximum Gasteiger partial charge on any atom is 0.333 e. The summed E-state index contributed by atoms with van der Waals surface area (Å²) in [5.74, 6) is -0.402. The Labute approximate surface area is 244 Å². The van der Waals surface area contributed by atoms with Gasteiger partial charge in [0, 0.05) is 17.4 Å². The summed E-state index contributed by atoms with van der Waals surface area (Å²) >= 11 is 0. The van der Waals surface area contributed by atoms with Gasteiger partial charge in [-0.2, -0.15) is 0 Å². The highest BCUT2D eigenvalue weighted by molar-refractivity contribution is 5.87. The third-order valence-electron chi connectivity index (χ3n) is 7.49. The molecule has 4 aromatic carbocycles. The maximum absolute atomic E-state index is 12.2. The van der Waals surface area contributed by atoms with E-state index in [1.54, 1.807) is 6.92 Å². The number of benzene rings is 4. The minimum absolute atomic E-state index is 0.00841. The minimum Gasteiger partial charge on any atom is -0.466 e. The normalized spacial score (nSPS) is 14.2. The summed E-state index contributed by atoms with van der Waals surface area (Å²) in [4.78, 5) is 12.2. The molecular formula is C37H40O4. The SMILES string of the molecule is COC(=O)/C(C)=C/[C@@H](C)[C@H](OCc1ccccc1)[C@@H](C)COC(c1ccccc1)(c1ccccc1)c1ccccc1. The fraction of sp³-hybridized carbons (Fsp3) is 0.270. The van der Waals surface area contributed by atoms with Crippen molar-refractivity contribution in [2.45, 2.75) is 39.1 Å². The second kappa shape index (κ2) is 14.6. The number of carbonyl (C=O) groups is 1. The van der Waals surface area contributed by atoms with Crippen molar-refractivity contribution in [2.75, 3.05) is 13.7 Å². The number of ether oxygens (including phenoxy) is 3.